The average molecular weight is 290 g/mol. The van der Waals surface area contributed by atoms with Gasteiger partial charge in [0.05, 0.1) is 0 Å². The summed E-state index contributed by atoms with van der Waals surface area (Å²) in [6.07, 6.45) is 1.58. The molecular formula is C17H26N2O2. The third-order valence-electron chi connectivity index (χ3n) is 3.84. The van der Waals surface area contributed by atoms with E-state index in [4.69, 9.17) is 10.5 Å². The Balaban J connectivity index is 2.22. The SMILES string of the molecule is CCC1Cc2cc(CN)ccc2CN1C(=O)OC(C)(C)C. The maximum Gasteiger partial charge on any atom is 0.410 e. The Morgan fingerprint density at radius 3 is 2.67 bits per heavy atom. The third-order valence-corrected chi connectivity index (χ3v) is 3.84. The number of hydrogen-bond acceptors (Lipinski definition) is 3. The molecule has 0 spiro atoms. The summed E-state index contributed by atoms with van der Waals surface area (Å²) in [6.45, 7) is 8.99. The number of amides is 1. The number of fused-ring (bicyclic) bond motifs is 1. The number of nitrogens with two attached hydrogens (primary N) is 1. The molecule has 1 aliphatic rings. The van der Waals surface area contributed by atoms with E-state index in [0.717, 1.165) is 18.4 Å². The average Bonchev–Trinajstić information content (AvgIpc) is 2.43. The minimum Gasteiger partial charge on any atom is -0.444 e. The Hall–Kier alpha value is -1.55. The van der Waals surface area contributed by atoms with Crippen LogP contribution in [-0.4, -0.2) is 22.6 Å². The molecule has 1 heterocycles. The van der Waals surface area contributed by atoms with E-state index in [2.05, 4.69) is 19.1 Å². The largest absolute Gasteiger partial charge is 0.444 e. The summed E-state index contributed by atoms with van der Waals surface area (Å²) in [5.41, 5.74) is 8.91. The van der Waals surface area contributed by atoms with Gasteiger partial charge in [0.1, 0.15) is 5.60 Å². The molecule has 1 aliphatic heterocycles. The van der Waals surface area contributed by atoms with E-state index >= 15 is 0 Å². The second-order valence-corrected chi connectivity index (χ2v) is 6.68. The molecule has 4 heteroatoms. The molecule has 1 atom stereocenters. The zero-order chi connectivity index (χ0) is 15.6. The molecule has 0 aromatic heterocycles. The lowest BCUT2D eigenvalue weighted by atomic mass is 9.91. The normalized spacial score (nSPS) is 18.3. The molecule has 0 radical (unpaired) electrons. The first-order valence-corrected chi connectivity index (χ1v) is 7.64. The highest BCUT2D eigenvalue weighted by Crippen LogP contribution is 2.27. The van der Waals surface area contributed by atoms with Gasteiger partial charge in [-0.2, -0.15) is 0 Å². The van der Waals surface area contributed by atoms with Crippen molar-refractivity contribution in [3.63, 3.8) is 0 Å². The number of ether oxygens (including phenoxy) is 1. The van der Waals surface area contributed by atoms with Crippen LogP contribution in [0, 0.1) is 0 Å². The number of carbonyl (C=O) groups is 1. The van der Waals surface area contributed by atoms with Crippen molar-refractivity contribution in [2.45, 2.75) is 65.3 Å². The number of nitrogens with zero attached hydrogens (tertiary/aromatic N) is 1. The van der Waals surface area contributed by atoms with Gasteiger partial charge < -0.3 is 15.4 Å². The van der Waals surface area contributed by atoms with Crippen molar-refractivity contribution in [3.8, 4) is 0 Å². The van der Waals surface area contributed by atoms with Crippen molar-refractivity contribution >= 4 is 6.09 Å². The Morgan fingerprint density at radius 1 is 1.38 bits per heavy atom. The van der Waals surface area contributed by atoms with Gasteiger partial charge in [0.25, 0.3) is 0 Å². The molecule has 0 fully saturated rings. The molecule has 1 unspecified atom stereocenters. The maximum atomic E-state index is 12.4. The fourth-order valence-corrected chi connectivity index (χ4v) is 2.73. The van der Waals surface area contributed by atoms with E-state index in [1.807, 2.05) is 31.7 Å². The zero-order valence-corrected chi connectivity index (χ0v) is 13.5. The highest BCUT2D eigenvalue weighted by molar-refractivity contribution is 5.69. The number of benzene rings is 1. The van der Waals surface area contributed by atoms with Crippen molar-refractivity contribution in [2.24, 2.45) is 5.73 Å². The van der Waals surface area contributed by atoms with Crippen molar-refractivity contribution in [1.29, 1.82) is 0 Å². The first-order chi connectivity index (χ1) is 9.84. The van der Waals surface area contributed by atoms with Gasteiger partial charge in [-0.25, -0.2) is 4.79 Å². The van der Waals surface area contributed by atoms with Crippen LogP contribution in [0.2, 0.25) is 0 Å². The topological polar surface area (TPSA) is 55.6 Å². The summed E-state index contributed by atoms with van der Waals surface area (Å²) in [6, 6.07) is 6.49. The van der Waals surface area contributed by atoms with Crippen molar-refractivity contribution in [2.75, 3.05) is 0 Å². The first kappa shape index (κ1) is 15.8. The van der Waals surface area contributed by atoms with Crippen LogP contribution in [-0.2, 0) is 24.2 Å². The minimum absolute atomic E-state index is 0.195. The van der Waals surface area contributed by atoms with E-state index in [1.165, 1.54) is 11.1 Å². The van der Waals surface area contributed by atoms with Crippen molar-refractivity contribution in [3.05, 3.63) is 34.9 Å². The van der Waals surface area contributed by atoms with Crippen LogP contribution < -0.4 is 5.73 Å². The minimum atomic E-state index is -0.459. The summed E-state index contributed by atoms with van der Waals surface area (Å²) in [5.74, 6) is 0. The van der Waals surface area contributed by atoms with E-state index in [-0.39, 0.29) is 12.1 Å². The van der Waals surface area contributed by atoms with Gasteiger partial charge in [0, 0.05) is 19.1 Å². The second kappa shape index (κ2) is 6.06. The van der Waals surface area contributed by atoms with Crippen LogP contribution in [0.5, 0.6) is 0 Å². The molecule has 0 saturated carbocycles. The highest BCUT2D eigenvalue weighted by atomic mass is 16.6. The van der Waals surface area contributed by atoms with Crippen LogP contribution in [0.15, 0.2) is 18.2 Å². The standard InChI is InChI=1S/C17H26N2O2/c1-5-15-9-14-8-12(10-18)6-7-13(14)11-19(15)16(20)21-17(2,3)4/h6-8,15H,5,9-11,18H2,1-4H3. The molecule has 4 nitrogen and oxygen atoms in total. The molecule has 0 bridgehead atoms. The van der Waals surface area contributed by atoms with Gasteiger partial charge in [-0.15, -0.1) is 0 Å². The Kier molecular flexibility index (Phi) is 4.57. The number of rotatable bonds is 2. The lowest BCUT2D eigenvalue weighted by Crippen LogP contribution is -2.46. The number of hydrogen-bond donors (Lipinski definition) is 1. The molecule has 0 aliphatic carbocycles. The monoisotopic (exact) mass is 290 g/mol. The quantitative estimate of drug-likeness (QED) is 0.910. The highest BCUT2D eigenvalue weighted by Gasteiger charge is 2.31. The van der Waals surface area contributed by atoms with Gasteiger partial charge in [-0.05, 0) is 50.3 Å². The van der Waals surface area contributed by atoms with Crippen LogP contribution in [0.3, 0.4) is 0 Å². The molecule has 0 saturated heterocycles. The molecule has 2 N–H and O–H groups in total. The van der Waals surface area contributed by atoms with Crippen LogP contribution in [0.4, 0.5) is 4.79 Å². The summed E-state index contributed by atoms with van der Waals surface area (Å²) < 4.78 is 5.54. The molecule has 2 rings (SSSR count). The van der Waals surface area contributed by atoms with Crippen LogP contribution in [0.1, 0.15) is 50.8 Å². The fraction of sp³-hybridized carbons (Fsp3) is 0.588. The molecule has 1 aromatic rings. The lowest BCUT2D eigenvalue weighted by molar-refractivity contribution is 0.0115. The zero-order valence-electron chi connectivity index (χ0n) is 13.5. The molecular weight excluding hydrogens is 264 g/mol. The van der Waals surface area contributed by atoms with Gasteiger partial charge in [0.2, 0.25) is 0 Å². The number of carbonyl (C=O) groups excluding carboxylic acids is 1. The first-order valence-electron chi connectivity index (χ1n) is 7.64. The van der Waals surface area contributed by atoms with Crippen LogP contribution in [0.25, 0.3) is 0 Å². The van der Waals surface area contributed by atoms with E-state index in [9.17, 15) is 4.79 Å². The molecule has 21 heavy (non-hydrogen) atoms. The predicted octanol–water partition coefficient (Wildman–Crippen LogP) is 3.22. The molecule has 1 aromatic carbocycles. The summed E-state index contributed by atoms with van der Waals surface area (Å²) >= 11 is 0. The molecule has 1 amide bonds. The van der Waals surface area contributed by atoms with E-state index < -0.39 is 5.60 Å². The Labute approximate surface area is 127 Å². The summed E-state index contributed by atoms with van der Waals surface area (Å²) in [7, 11) is 0. The van der Waals surface area contributed by atoms with Gasteiger partial charge in [-0.1, -0.05) is 25.1 Å². The van der Waals surface area contributed by atoms with Crippen molar-refractivity contribution < 1.29 is 9.53 Å². The summed E-state index contributed by atoms with van der Waals surface area (Å²) in [5, 5.41) is 0. The lowest BCUT2D eigenvalue weighted by Gasteiger charge is -2.37. The Morgan fingerprint density at radius 2 is 2.10 bits per heavy atom. The van der Waals surface area contributed by atoms with Crippen molar-refractivity contribution in [1.82, 2.24) is 4.90 Å². The molecule has 116 valence electrons. The Bertz CT molecular complexity index is 520. The predicted molar refractivity (Wildman–Crippen MR) is 83.9 cm³/mol. The van der Waals surface area contributed by atoms with Gasteiger partial charge >= 0.3 is 6.09 Å². The smallest absolute Gasteiger partial charge is 0.410 e. The van der Waals surface area contributed by atoms with Gasteiger partial charge in [0.15, 0.2) is 0 Å². The van der Waals surface area contributed by atoms with E-state index in [1.54, 1.807) is 0 Å². The van der Waals surface area contributed by atoms with Gasteiger partial charge in [-0.3, -0.25) is 0 Å². The second-order valence-electron chi connectivity index (χ2n) is 6.68. The maximum absolute atomic E-state index is 12.4. The summed E-state index contributed by atoms with van der Waals surface area (Å²) in [4.78, 5) is 14.3. The van der Waals surface area contributed by atoms with Crippen LogP contribution >= 0.6 is 0 Å². The van der Waals surface area contributed by atoms with E-state index in [0.29, 0.717) is 13.1 Å². The third kappa shape index (κ3) is 3.76. The fourth-order valence-electron chi connectivity index (χ4n) is 2.73.